The van der Waals surface area contributed by atoms with E-state index in [9.17, 15) is 9.90 Å². The lowest BCUT2D eigenvalue weighted by Crippen LogP contribution is -2.01. The van der Waals surface area contributed by atoms with Crippen molar-refractivity contribution in [1.29, 1.82) is 5.26 Å². The lowest BCUT2D eigenvalue weighted by Gasteiger charge is -2.13. The summed E-state index contributed by atoms with van der Waals surface area (Å²) in [6, 6.07) is 12.2. The molecule has 0 saturated heterocycles. The maximum atomic E-state index is 11.2. The summed E-state index contributed by atoms with van der Waals surface area (Å²) in [6.45, 7) is 1.75. The van der Waals surface area contributed by atoms with Gasteiger partial charge in [0.25, 0.3) is 0 Å². The Labute approximate surface area is 116 Å². The van der Waals surface area contributed by atoms with E-state index in [0.717, 1.165) is 5.56 Å². The Kier molecular flexibility index (Phi) is 3.72. The zero-order valence-corrected chi connectivity index (χ0v) is 11.2. The van der Waals surface area contributed by atoms with Crippen molar-refractivity contribution < 1.29 is 14.6 Å². The predicted octanol–water partition coefficient (Wildman–Crippen LogP) is 3.24. The van der Waals surface area contributed by atoms with Crippen molar-refractivity contribution in [3.63, 3.8) is 0 Å². The van der Waals surface area contributed by atoms with Crippen molar-refractivity contribution in [1.82, 2.24) is 0 Å². The molecule has 1 N–H and O–H groups in total. The van der Waals surface area contributed by atoms with Crippen LogP contribution < -0.4 is 4.74 Å². The van der Waals surface area contributed by atoms with Crippen LogP contribution in [-0.4, -0.2) is 18.2 Å². The van der Waals surface area contributed by atoms with E-state index in [0.29, 0.717) is 22.4 Å². The van der Waals surface area contributed by atoms with Crippen molar-refractivity contribution in [3.05, 3.63) is 53.1 Å². The van der Waals surface area contributed by atoms with Gasteiger partial charge in [0.05, 0.1) is 24.3 Å². The molecule has 0 amide bonds. The number of nitriles is 1. The molecule has 0 aliphatic carbocycles. The molecule has 0 heterocycles. The van der Waals surface area contributed by atoms with E-state index >= 15 is 0 Å². The second-order valence-corrected chi connectivity index (χ2v) is 4.31. The van der Waals surface area contributed by atoms with E-state index < -0.39 is 5.97 Å². The van der Waals surface area contributed by atoms with Crippen molar-refractivity contribution in [2.45, 2.75) is 6.92 Å². The summed E-state index contributed by atoms with van der Waals surface area (Å²) in [6.07, 6.45) is 0. The van der Waals surface area contributed by atoms with E-state index in [4.69, 9.17) is 10.00 Å². The molecule has 0 saturated carbocycles. The minimum atomic E-state index is -0.972. The Morgan fingerprint density at radius 3 is 2.60 bits per heavy atom. The number of benzene rings is 2. The first kappa shape index (κ1) is 13.6. The van der Waals surface area contributed by atoms with E-state index in [2.05, 4.69) is 6.07 Å². The molecule has 2 aromatic carbocycles. The van der Waals surface area contributed by atoms with Gasteiger partial charge in [-0.3, -0.25) is 0 Å². The number of rotatable bonds is 3. The van der Waals surface area contributed by atoms with Crippen molar-refractivity contribution in [2.24, 2.45) is 0 Å². The molecular formula is C16H13NO3. The lowest BCUT2D eigenvalue weighted by atomic mass is 9.95. The second kappa shape index (κ2) is 5.45. The van der Waals surface area contributed by atoms with Gasteiger partial charge in [-0.05, 0) is 42.3 Å². The molecule has 4 nitrogen and oxygen atoms in total. The van der Waals surface area contributed by atoms with Crippen molar-refractivity contribution in [3.8, 4) is 22.9 Å². The van der Waals surface area contributed by atoms with E-state index in [1.165, 1.54) is 0 Å². The molecule has 0 radical (unpaired) electrons. The fourth-order valence-corrected chi connectivity index (χ4v) is 2.15. The number of carbonyl (C=O) groups is 1. The number of methoxy groups -OCH3 is 1. The molecule has 2 rings (SSSR count). The summed E-state index contributed by atoms with van der Waals surface area (Å²) in [5, 5.41) is 18.2. The summed E-state index contributed by atoms with van der Waals surface area (Å²) in [5.41, 5.74) is 2.85. The average Bonchev–Trinajstić information content (AvgIpc) is 2.46. The normalized spacial score (nSPS) is 9.85. The molecule has 0 aliphatic heterocycles. The molecule has 2 aromatic rings. The Bertz CT molecular complexity index is 714. The number of aromatic carboxylic acids is 1. The summed E-state index contributed by atoms with van der Waals surface area (Å²) in [7, 11) is 1.54. The van der Waals surface area contributed by atoms with Crippen LogP contribution in [0.15, 0.2) is 36.4 Å². The summed E-state index contributed by atoms with van der Waals surface area (Å²) in [4.78, 5) is 11.2. The molecule has 0 atom stereocenters. The minimum absolute atomic E-state index is 0.243. The molecule has 0 aromatic heterocycles. The van der Waals surface area contributed by atoms with Crippen LogP contribution in [0, 0.1) is 18.3 Å². The molecule has 0 bridgehead atoms. The van der Waals surface area contributed by atoms with Gasteiger partial charge in [-0.2, -0.15) is 5.26 Å². The van der Waals surface area contributed by atoms with Crippen LogP contribution in [0.1, 0.15) is 21.5 Å². The molecule has 20 heavy (non-hydrogen) atoms. The van der Waals surface area contributed by atoms with E-state index in [1.54, 1.807) is 44.4 Å². The first-order chi connectivity index (χ1) is 9.58. The van der Waals surface area contributed by atoms with Gasteiger partial charge in [0, 0.05) is 5.56 Å². The monoisotopic (exact) mass is 267 g/mol. The lowest BCUT2D eigenvalue weighted by molar-refractivity contribution is 0.0696. The highest BCUT2D eigenvalue weighted by Crippen LogP contribution is 2.34. The van der Waals surface area contributed by atoms with Gasteiger partial charge in [-0.25, -0.2) is 4.79 Å². The third kappa shape index (κ3) is 2.34. The van der Waals surface area contributed by atoms with Crippen LogP contribution in [0.5, 0.6) is 5.75 Å². The quantitative estimate of drug-likeness (QED) is 0.926. The molecule has 100 valence electrons. The SMILES string of the molecule is COc1ccc(C#N)cc1-c1cccc(C(=O)O)c1C. The molecular weight excluding hydrogens is 254 g/mol. The van der Waals surface area contributed by atoms with Gasteiger partial charge < -0.3 is 9.84 Å². The maximum Gasteiger partial charge on any atom is 0.335 e. The standard InChI is InChI=1S/C16H13NO3/c1-10-12(4-3-5-13(10)16(18)19)14-8-11(9-17)6-7-15(14)20-2/h3-8H,1-2H3,(H,18,19). The Balaban J connectivity index is 2.71. The Morgan fingerprint density at radius 1 is 1.25 bits per heavy atom. The van der Waals surface area contributed by atoms with Gasteiger partial charge in [0.15, 0.2) is 0 Å². The fourth-order valence-electron chi connectivity index (χ4n) is 2.15. The highest BCUT2D eigenvalue weighted by atomic mass is 16.5. The second-order valence-electron chi connectivity index (χ2n) is 4.31. The van der Waals surface area contributed by atoms with Crippen LogP contribution in [0.25, 0.3) is 11.1 Å². The molecule has 0 fully saturated rings. The van der Waals surface area contributed by atoms with Gasteiger partial charge in [-0.1, -0.05) is 12.1 Å². The van der Waals surface area contributed by atoms with Gasteiger partial charge in [-0.15, -0.1) is 0 Å². The van der Waals surface area contributed by atoms with Crippen molar-refractivity contribution >= 4 is 5.97 Å². The topological polar surface area (TPSA) is 70.3 Å². The summed E-state index contributed by atoms with van der Waals surface area (Å²) < 4.78 is 5.30. The van der Waals surface area contributed by atoms with Crippen LogP contribution >= 0.6 is 0 Å². The molecule has 0 unspecified atom stereocenters. The average molecular weight is 267 g/mol. The van der Waals surface area contributed by atoms with Crippen LogP contribution in [0.4, 0.5) is 0 Å². The molecule has 0 aliphatic rings. The number of hydrogen-bond acceptors (Lipinski definition) is 3. The van der Waals surface area contributed by atoms with Gasteiger partial charge in [0.2, 0.25) is 0 Å². The smallest absolute Gasteiger partial charge is 0.335 e. The maximum absolute atomic E-state index is 11.2. The number of nitrogens with zero attached hydrogens (tertiary/aromatic N) is 1. The van der Waals surface area contributed by atoms with Crippen LogP contribution in [-0.2, 0) is 0 Å². The largest absolute Gasteiger partial charge is 0.496 e. The first-order valence-electron chi connectivity index (χ1n) is 6.00. The van der Waals surface area contributed by atoms with Gasteiger partial charge in [0.1, 0.15) is 5.75 Å². The fraction of sp³-hybridized carbons (Fsp3) is 0.125. The summed E-state index contributed by atoms with van der Waals surface area (Å²) in [5.74, 6) is -0.366. The minimum Gasteiger partial charge on any atom is -0.496 e. The summed E-state index contributed by atoms with van der Waals surface area (Å²) >= 11 is 0. The van der Waals surface area contributed by atoms with Crippen LogP contribution in [0.2, 0.25) is 0 Å². The zero-order chi connectivity index (χ0) is 14.7. The van der Waals surface area contributed by atoms with Gasteiger partial charge >= 0.3 is 5.97 Å². The predicted molar refractivity (Wildman–Crippen MR) is 74.8 cm³/mol. The number of ether oxygens (including phenoxy) is 1. The van der Waals surface area contributed by atoms with Crippen LogP contribution in [0.3, 0.4) is 0 Å². The Morgan fingerprint density at radius 2 is 2.00 bits per heavy atom. The third-order valence-corrected chi connectivity index (χ3v) is 3.18. The highest BCUT2D eigenvalue weighted by molar-refractivity contribution is 5.92. The van der Waals surface area contributed by atoms with Crippen molar-refractivity contribution in [2.75, 3.05) is 7.11 Å². The first-order valence-corrected chi connectivity index (χ1v) is 6.00. The number of carboxylic acids is 1. The highest BCUT2D eigenvalue weighted by Gasteiger charge is 2.14. The zero-order valence-electron chi connectivity index (χ0n) is 11.2. The number of carboxylic acid groups (broad SMARTS) is 1. The molecule has 0 spiro atoms. The van der Waals surface area contributed by atoms with E-state index in [1.807, 2.05) is 6.07 Å². The van der Waals surface area contributed by atoms with E-state index in [-0.39, 0.29) is 5.56 Å². The molecule has 4 heteroatoms. The third-order valence-electron chi connectivity index (χ3n) is 3.18. The number of hydrogen-bond donors (Lipinski definition) is 1. The Hall–Kier alpha value is -2.80.